The highest BCUT2D eigenvalue weighted by Crippen LogP contribution is 2.25. The molecule has 0 unspecified atom stereocenters. The summed E-state index contributed by atoms with van der Waals surface area (Å²) >= 11 is 0. The Morgan fingerprint density at radius 1 is 1.25 bits per heavy atom. The van der Waals surface area contributed by atoms with E-state index < -0.39 is 0 Å². The number of fused-ring (bicyclic) bond motifs is 1. The summed E-state index contributed by atoms with van der Waals surface area (Å²) in [5.41, 5.74) is 8.95. The third kappa shape index (κ3) is 3.28. The van der Waals surface area contributed by atoms with E-state index in [1.807, 2.05) is 49.4 Å². The summed E-state index contributed by atoms with van der Waals surface area (Å²) in [4.78, 5) is 4.39. The molecule has 7 nitrogen and oxygen atoms in total. The van der Waals surface area contributed by atoms with E-state index in [4.69, 9.17) is 10.2 Å². The average molecular weight is 372 g/mol. The summed E-state index contributed by atoms with van der Waals surface area (Å²) in [5.74, 6) is 2.02. The van der Waals surface area contributed by atoms with Gasteiger partial charge in [0.2, 0.25) is 0 Å². The number of nitrogen functional groups attached to an aromatic ring is 1. The zero-order valence-electron chi connectivity index (χ0n) is 15.5. The molecule has 4 rings (SSSR count). The summed E-state index contributed by atoms with van der Waals surface area (Å²) in [6.45, 7) is 2.61. The molecule has 3 aromatic heterocycles. The maximum atomic E-state index is 9.50. The van der Waals surface area contributed by atoms with E-state index >= 15 is 0 Å². The summed E-state index contributed by atoms with van der Waals surface area (Å²) in [6.07, 6.45) is 3.15. The smallest absolute Gasteiger partial charge is 0.145 e. The fraction of sp³-hybridized carbons (Fsp3) is 0.190. The van der Waals surface area contributed by atoms with E-state index in [1.165, 1.54) is 0 Å². The molecule has 0 saturated heterocycles. The van der Waals surface area contributed by atoms with Gasteiger partial charge in [-0.25, -0.2) is 9.67 Å². The predicted octanol–water partition coefficient (Wildman–Crippen LogP) is 3.82. The van der Waals surface area contributed by atoms with Gasteiger partial charge in [0, 0.05) is 12.7 Å². The monoisotopic (exact) mass is 372 g/mol. The highest BCUT2D eigenvalue weighted by atomic mass is 16.3. The van der Waals surface area contributed by atoms with Crippen LogP contribution in [0.15, 0.2) is 53.1 Å². The minimum absolute atomic E-state index is 0.372. The first-order valence-corrected chi connectivity index (χ1v) is 9.09. The highest BCUT2D eigenvalue weighted by Gasteiger charge is 2.16. The number of anilines is 2. The van der Waals surface area contributed by atoms with Crippen LogP contribution < -0.4 is 11.1 Å². The molecule has 7 heteroatoms. The van der Waals surface area contributed by atoms with Crippen molar-refractivity contribution in [3.63, 3.8) is 0 Å². The molecule has 0 spiro atoms. The van der Waals surface area contributed by atoms with Gasteiger partial charge in [0.1, 0.15) is 34.6 Å². The van der Waals surface area contributed by atoms with Crippen LogP contribution in [0.25, 0.3) is 16.7 Å². The Balaban J connectivity index is 1.46. The second-order valence-electron chi connectivity index (χ2n) is 6.52. The topological polar surface area (TPSA) is 106 Å². The summed E-state index contributed by atoms with van der Waals surface area (Å²) < 4.78 is 7.25. The first kappa shape index (κ1) is 17.6. The van der Waals surface area contributed by atoms with Gasteiger partial charge in [-0.3, -0.25) is 0 Å². The average Bonchev–Trinajstić information content (AvgIpc) is 3.25. The number of nitrogens with zero attached hydrogens (tertiary/aromatic N) is 4. The van der Waals surface area contributed by atoms with E-state index in [9.17, 15) is 5.26 Å². The molecule has 1 aromatic carbocycles. The second-order valence-corrected chi connectivity index (χ2v) is 6.52. The van der Waals surface area contributed by atoms with Crippen LogP contribution >= 0.6 is 0 Å². The van der Waals surface area contributed by atoms with Crippen molar-refractivity contribution >= 4 is 22.6 Å². The number of nitrogens with one attached hydrogen (secondary N) is 1. The first-order chi connectivity index (χ1) is 13.7. The number of hydrogen-bond donors (Lipinski definition) is 2. The molecule has 140 valence electrons. The zero-order valence-corrected chi connectivity index (χ0v) is 15.5. The van der Waals surface area contributed by atoms with Crippen LogP contribution in [0.5, 0.6) is 0 Å². The fourth-order valence-corrected chi connectivity index (χ4v) is 3.23. The van der Waals surface area contributed by atoms with Gasteiger partial charge in [0.15, 0.2) is 0 Å². The maximum absolute atomic E-state index is 9.50. The van der Waals surface area contributed by atoms with Crippen molar-refractivity contribution in [2.45, 2.75) is 19.8 Å². The number of hydrogen-bond acceptors (Lipinski definition) is 6. The summed E-state index contributed by atoms with van der Waals surface area (Å²) in [5, 5.41) is 18.4. The Bertz CT molecular complexity index is 1150. The third-order valence-electron chi connectivity index (χ3n) is 4.56. The third-order valence-corrected chi connectivity index (χ3v) is 4.56. The van der Waals surface area contributed by atoms with E-state index in [1.54, 1.807) is 10.9 Å². The molecular formula is C21H20N6O. The second kappa shape index (κ2) is 7.45. The van der Waals surface area contributed by atoms with E-state index in [-0.39, 0.29) is 0 Å². The number of nitriles is 1. The molecule has 3 N–H and O–H groups in total. The molecule has 0 aliphatic carbocycles. The van der Waals surface area contributed by atoms with Gasteiger partial charge in [0.05, 0.1) is 16.8 Å². The Morgan fingerprint density at radius 2 is 2.07 bits per heavy atom. The van der Waals surface area contributed by atoms with E-state index in [0.717, 1.165) is 34.7 Å². The molecule has 0 atom stereocenters. The Labute approximate surface area is 162 Å². The molecule has 0 saturated carbocycles. The van der Waals surface area contributed by atoms with Gasteiger partial charge in [-0.1, -0.05) is 18.2 Å². The molecule has 0 bridgehead atoms. The van der Waals surface area contributed by atoms with Crippen LogP contribution in [0.1, 0.15) is 23.4 Å². The molecule has 4 aromatic rings. The van der Waals surface area contributed by atoms with Crippen LogP contribution in [0, 0.1) is 18.3 Å². The maximum Gasteiger partial charge on any atom is 0.145 e. The normalized spacial score (nSPS) is 10.9. The van der Waals surface area contributed by atoms with Crippen LogP contribution in [-0.4, -0.2) is 21.3 Å². The molecule has 3 heterocycles. The van der Waals surface area contributed by atoms with Gasteiger partial charge in [-0.2, -0.15) is 10.4 Å². The predicted molar refractivity (Wildman–Crippen MR) is 108 cm³/mol. The van der Waals surface area contributed by atoms with Gasteiger partial charge in [-0.15, -0.1) is 0 Å². The van der Waals surface area contributed by atoms with Crippen molar-refractivity contribution < 1.29 is 4.42 Å². The van der Waals surface area contributed by atoms with Gasteiger partial charge < -0.3 is 15.5 Å². The lowest BCUT2D eigenvalue weighted by atomic mass is 10.1. The van der Waals surface area contributed by atoms with E-state index in [2.05, 4.69) is 21.5 Å². The van der Waals surface area contributed by atoms with Gasteiger partial charge in [-0.05, 0) is 44.0 Å². The first-order valence-electron chi connectivity index (χ1n) is 9.09. The van der Waals surface area contributed by atoms with Crippen LogP contribution in [0.2, 0.25) is 0 Å². The number of aromatic nitrogens is 3. The number of rotatable bonds is 6. The lowest BCUT2D eigenvalue weighted by Gasteiger charge is -2.05. The van der Waals surface area contributed by atoms with Gasteiger partial charge >= 0.3 is 0 Å². The quantitative estimate of drug-likeness (QED) is 0.498. The van der Waals surface area contributed by atoms with Crippen molar-refractivity contribution in [2.24, 2.45) is 0 Å². The number of benzene rings is 1. The minimum atomic E-state index is 0.372. The molecule has 0 aliphatic rings. The van der Waals surface area contributed by atoms with Crippen molar-refractivity contribution in [1.82, 2.24) is 14.8 Å². The van der Waals surface area contributed by atoms with Crippen molar-refractivity contribution in [1.29, 1.82) is 5.26 Å². The molecule has 28 heavy (non-hydrogen) atoms. The Hall–Kier alpha value is -3.79. The van der Waals surface area contributed by atoms with Crippen LogP contribution in [-0.2, 0) is 6.42 Å². The zero-order chi connectivity index (χ0) is 19.5. The summed E-state index contributed by atoms with van der Waals surface area (Å²) in [7, 11) is 0. The van der Waals surface area contributed by atoms with E-state index in [0.29, 0.717) is 30.0 Å². The van der Waals surface area contributed by atoms with Crippen LogP contribution in [0.4, 0.5) is 11.6 Å². The molecule has 0 aliphatic heterocycles. The lowest BCUT2D eigenvalue weighted by molar-refractivity contribution is 0.578. The molecule has 0 radical (unpaired) electrons. The number of aryl methyl sites for hydroxylation is 2. The van der Waals surface area contributed by atoms with Crippen molar-refractivity contribution in [3.8, 4) is 11.8 Å². The fourth-order valence-electron chi connectivity index (χ4n) is 3.23. The number of nitrogens with two attached hydrogens (primary N) is 1. The minimum Gasteiger partial charge on any atom is -0.461 e. The highest BCUT2D eigenvalue weighted by molar-refractivity contribution is 5.88. The molecular weight excluding hydrogens is 352 g/mol. The number of para-hydroxylation sites is 1. The van der Waals surface area contributed by atoms with Crippen molar-refractivity contribution in [2.75, 3.05) is 17.6 Å². The lowest BCUT2D eigenvalue weighted by Crippen LogP contribution is -2.05. The Kier molecular flexibility index (Phi) is 4.68. The number of pyridine rings is 1. The SMILES string of the molecule is Cc1cc2c(NCCCc3nn(-c4ccccc4)c(N)c3C#N)nccc2o1. The molecule has 0 amide bonds. The standard InChI is InChI=1S/C21H20N6O/c1-14-12-16-19(28-14)9-11-25-21(16)24-10-5-8-18-17(13-22)20(23)27(26-18)15-6-3-2-4-7-15/h2-4,6-7,9,11-12H,5,8,10,23H2,1H3,(H,24,25). The van der Waals surface area contributed by atoms with Crippen LogP contribution in [0.3, 0.4) is 0 Å². The summed E-state index contributed by atoms with van der Waals surface area (Å²) in [6, 6.07) is 15.6. The Morgan fingerprint density at radius 3 is 2.86 bits per heavy atom. The van der Waals surface area contributed by atoms with Gasteiger partial charge in [0.25, 0.3) is 0 Å². The molecule has 0 fully saturated rings. The number of furan rings is 1. The van der Waals surface area contributed by atoms with Crippen molar-refractivity contribution in [3.05, 3.63) is 65.7 Å². The largest absolute Gasteiger partial charge is 0.461 e.